The van der Waals surface area contributed by atoms with E-state index < -0.39 is 11.6 Å². The van der Waals surface area contributed by atoms with E-state index in [0.29, 0.717) is 53.0 Å². The average molecular weight is 599 g/mol. The number of nitrogens with zero attached hydrogens (tertiary/aromatic N) is 4. The number of thiophene rings is 1. The number of halogens is 1. The highest BCUT2D eigenvalue weighted by molar-refractivity contribution is 7.16. The molecule has 1 amide bonds. The van der Waals surface area contributed by atoms with Gasteiger partial charge in [0.15, 0.2) is 4.88 Å². The number of methoxy groups -OCH3 is 1. The molecule has 0 bridgehead atoms. The topological polar surface area (TPSA) is 105 Å². The third kappa shape index (κ3) is 6.74. The molecule has 5 rings (SSSR count). The Bertz CT molecular complexity index is 1550. The SMILES string of the molecule is COC(=O)c1sc(-n2cnc3ccc(OC4CCN(C(=O)OC(C)(C)C)CC4)cc32)cc1OCc1cccnc1Cl. The van der Waals surface area contributed by atoms with E-state index in [0.717, 1.165) is 16.0 Å². The second-order valence-corrected chi connectivity index (χ2v) is 11.9. The maximum Gasteiger partial charge on any atom is 0.410 e. The van der Waals surface area contributed by atoms with Crippen LogP contribution in [0.15, 0.2) is 48.9 Å². The second kappa shape index (κ2) is 12.0. The Morgan fingerprint density at radius 1 is 1.12 bits per heavy atom. The average Bonchev–Trinajstić information content (AvgIpc) is 3.55. The van der Waals surface area contributed by atoms with Crippen LogP contribution in [-0.4, -0.2) is 63.4 Å². The number of amides is 1. The molecule has 4 heterocycles. The summed E-state index contributed by atoms with van der Waals surface area (Å²) in [6, 6.07) is 11.1. The molecule has 10 nitrogen and oxygen atoms in total. The van der Waals surface area contributed by atoms with E-state index >= 15 is 0 Å². The van der Waals surface area contributed by atoms with Crippen molar-refractivity contribution in [2.24, 2.45) is 0 Å². The van der Waals surface area contributed by atoms with Gasteiger partial charge in [-0.15, -0.1) is 11.3 Å². The van der Waals surface area contributed by atoms with Gasteiger partial charge in [-0.05, 0) is 39.0 Å². The number of fused-ring (bicyclic) bond motifs is 1. The molecule has 3 aromatic heterocycles. The van der Waals surface area contributed by atoms with Crippen molar-refractivity contribution in [2.75, 3.05) is 20.2 Å². The highest BCUT2D eigenvalue weighted by Gasteiger charge is 2.28. The molecule has 0 N–H and O–H groups in total. The lowest BCUT2D eigenvalue weighted by molar-refractivity contribution is 0.0126. The first-order chi connectivity index (χ1) is 19.6. The first-order valence-electron chi connectivity index (χ1n) is 13.2. The molecule has 1 aliphatic rings. The number of hydrogen-bond acceptors (Lipinski definition) is 9. The Hall–Kier alpha value is -3.83. The minimum absolute atomic E-state index is 0.0329. The number of imidazole rings is 1. The summed E-state index contributed by atoms with van der Waals surface area (Å²) < 4.78 is 24.7. The molecular formula is C29H31ClN4O6S. The van der Waals surface area contributed by atoms with E-state index in [1.165, 1.54) is 18.4 Å². The first kappa shape index (κ1) is 28.7. The summed E-state index contributed by atoms with van der Waals surface area (Å²) in [5.74, 6) is 0.574. The molecule has 0 spiro atoms. The number of aromatic nitrogens is 3. The summed E-state index contributed by atoms with van der Waals surface area (Å²) in [6.07, 6.45) is 4.37. The first-order valence-corrected chi connectivity index (χ1v) is 14.4. The smallest absolute Gasteiger partial charge is 0.410 e. The molecule has 0 unspecified atom stereocenters. The summed E-state index contributed by atoms with van der Waals surface area (Å²) in [5.41, 5.74) is 1.76. The van der Waals surface area contributed by atoms with Gasteiger partial charge in [0.25, 0.3) is 0 Å². The van der Waals surface area contributed by atoms with Crippen LogP contribution in [0.3, 0.4) is 0 Å². The van der Waals surface area contributed by atoms with Gasteiger partial charge in [0.1, 0.15) is 46.3 Å². The van der Waals surface area contributed by atoms with Gasteiger partial charge in [-0.2, -0.15) is 0 Å². The number of carbonyl (C=O) groups is 2. The number of rotatable bonds is 7. The lowest BCUT2D eigenvalue weighted by Crippen LogP contribution is -2.44. The number of benzene rings is 1. The predicted octanol–water partition coefficient (Wildman–Crippen LogP) is 6.28. The largest absolute Gasteiger partial charge is 0.490 e. The summed E-state index contributed by atoms with van der Waals surface area (Å²) in [4.78, 5) is 35.6. The molecule has 216 valence electrons. The number of likely N-dealkylation sites (tertiary alicyclic amines) is 1. The molecule has 0 saturated carbocycles. The van der Waals surface area contributed by atoms with Gasteiger partial charge in [0.05, 0.1) is 18.1 Å². The van der Waals surface area contributed by atoms with E-state index in [-0.39, 0.29) is 18.8 Å². The molecule has 12 heteroatoms. The van der Waals surface area contributed by atoms with Gasteiger partial charge in [0, 0.05) is 49.8 Å². The van der Waals surface area contributed by atoms with Gasteiger partial charge >= 0.3 is 12.1 Å². The monoisotopic (exact) mass is 598 g/mol. The number of ether oxygens (including phenoxy) is 4. The third-order valence-electron chi connectivity index (χ3n) is 6.43. The van der Waals surface area contributed by atoms with Gasteiger partial charge in [-0.1, -0.05) is 17.7 Å². The number of esters is 1. The van der Waals surface area contributed by atoms with Crippen molar-refractivity contribution in [1.82, 2.24) is 19.4 Å². The van der Waals surface area contributed by atoms with Crippen LogP contribution in [-0.2, 0) is 16.1 Å². The highest BCUT2D eigenvalue weighted by atomic mass is 35.5. The van der Waals surface area contributed by atoms with E-state index in [2.05, 4.69) is 9.97 Å². The fourth-order valence-corrected chi connectivity index (χ4v) is 5.59. The minimum Gasteiger partial charge on any atom is -0.490 e. The highest BCUT2D eigenvalue weighted by Crippen LogP contribution is 2.36. The minimum atomic E-state index is -0.525. The van der Waals surface area contributed by atoms with Crippen LogP contribution in [0, 0.1) is 0 Å². The maximum absolute atomic E-state index is 12.6. The van der Waals surface area contributed by atoms with Crippen molar-refractivity contribution in [2.45, 2.75) is 51.9 Å². The summed E-state index contributed by atoms with van der Waals surface area (Å²) >= 11 is 7.41. The van der Waals surface area contributed by atoms with E-state index in [1.807, 2.05) is 49.6 Å². The summed E-state index contributed by atoms with van der Waals surface area (Å²) in [6.45, 7) is 6.86. The molecule has 4 aromatic rings. The Balaban J connectivity index is 1.32. The van der Waals surface area contributed by atoms with Crippen LogP contribution in [0.25, 0.3) is 16.0 Å². The zero-order valence-electron chi connectivity index (χ0n) is 23.3. The van der Waals surface area contributed by atoms with Crippen molar-refractivity contribution < 1.29 is 28.5 Å². The van der Waals surface area contributed by atoms with Crippen LogP contribution >= 0.6 is 22.9 Å². The summed E-state index contributed by atoms with van der Waals surface area (Å²) in [5, 5.41) is 1.06. The predicted molar refractivity (Wildman–Crippen MR) is 155 cm³/mol. The molecule has 0 radical (unpaired) electrons. The molecule has 1 aliphatic heterocycles. The second-order valence-electron chi connectivity index (χ2n) is 10.6. The van der Waals surface area contributed by atoms with Crippen molar-refractivity contribution in [3.63, 3.8) is 0 Å². The Labute approximate surface area is 246 Å². The molecule has 1 aromatic carbocycles. The zero-order chi connectivity index (χ0) is 29.1. The number of carbonyl (C=O) groups excluding carboxylic acids is 2. The van der Waals surface area contributed by atoms with Crippen molar-refractivity contribution in [3.05, 3.63) is 64.5 Å². The fraction of sp³-hybridized carbons (Fsp3) is 0.379. The molecular weight excluding hydrogens is 568 g/mol. The fourth-order valence-electron chi connectivity index (χ4n) is 4.42. The molecule has 0 aliphatic carbocycles. The quantitative estimate of drug-likeness (QED) is 0.181. The van der Waals surface area contributed by atoms with Crippen LogP contribution < -0.4 is 9.47 Å². The van der Waals surface area contributed by atoms with Crippen LogP contribution in [0.1, 0.15) is 48.8 Å². The Morgan fingerprint density at radius 2 is 1.90 bits per heavy atom. The normalized spacial score (nSPS) is 14.2. The lowest BCUT2D eigenvalue weighted by Gasteiger charge is -2.33. The van der Waals surface area contributed by atoms with Crippen molar-refractivity contribution in [1.29, 1.82) is 0 Å². The third-order valence-corrected chi connectivity index (χ3v) is 7.86. The molecule has 41 heavy (non-hydrogen) atoms. The Morgan fingerprint density at radius 3 is 2.61 bits per heavy atom. The number of pyridine rings is 1. The van der Waals surface area contributed by atoms with Crippen molar-refractivity contribution >= 4 is 46.0 Å². The van der Waals surface area contributed by atoms with Gasteiger partial charge in [0.2, 0.25) is 0 Å². The Kier molecular flexibility index (Phi) is 8.37. The van der Waals surface area contributed by atoms with Crippen LogP contribution in [0.5, 0.6) is 11.5 Å². The van der Waals surface area contributed by atoms with Gasteiger partial charge < -0.3 is 23.8 Å². The molecule has 1 fully saturated rings. The maximum atomic E-state index is 12.6. The van der Waals surface area contributed by atoms with Crippen molar-refractivity contribution in [3.8, 4) is 16.5 Å². The van der Waals surface area contributed by atoms with E-state index in [1.54, 1.807) is 29.6 Å². The number of piperidine rings is 1. The summed E-state index contributed by atoms with van der Waals surface area (Å²) in [7, 11) is 1.33. The molecule has 1 saturated heterocycles. The number of hydrogen-bond donors (Lipinski definition) is 0. The van der Waals surface area contributed by atoms with Crippen LogP contribution in [0.2, 0.25) is 5.15 Å². The van der Waals surface area contributed by atoms with Gasteiger partial charge in [-0.3, -0.25) is 4.57 Å². The van der Waals surface area contributed by atoms with Crippen LogP contribution in [0.4, 0.5) is 4.79 Å². The zero-order valence-corrected chi connectivity index (χ0v) is 24.8. The lowest BCUT2D eigenvalue weighted by atomic mass is 10.1. The molecule has 0 atom stereocenters. The van der Waals surface area contributed by atoms with E-state index in [4.69, 9.17) is 30.5 Å². The standard InChI is InChI=1S/C29H31ClN4O6S/c1-29(2,3)40-28(36)33-12-9-19(10-13-33)39-20-7-8-21-22(14-20)34(17-32-21)24-15-23(25(41-24)27(35)37-4)38-16-18-6-5-11-31-26(18)30/h5-8,11,14-15,17,19H,9-10,12-13,16H2,1-4H3. The van der Waals surface area contributed by atoms with E-state index in [9.17, 15) is 9.59 Å². The van der Waals surface area contributed by atoms with Gasteiger partial charge in [-0.25, -0.2) is 19.6 Å².